The second-order valence-electron chi connectivity index (χ2n) is 3.58. The van der Waals surface area contributed by atoms with E-state index in [1.54, 1.807) is 0 Å². The van der Waals surface area contributed by atoms with Crippen LogP contribution in [0.25, 0.3) is 5.57 Å². The van der Waals surface area contributed by atoms with Crippen LogP contribution in [0.15, 0.2) is 17.5 Å². The molecule has 0 bridgehead atoms. The number of hydrogen-bond acceptors (Lipinski definition) is 2. The van der Waals surface area contributed by atoms with E-state index in [1.807, 2.05) is 13.0 Å². The summed E-state index contributed by atoms with van der Waals surface area (Å²) in [5, 5.41) is 0. The molecule has 82 valence electrons. The molecule has 0 saturated heterocycles. The Morgan fingerprint density at radius 3 is 2.60 bits per heavy atom. The average Bonchev–Trinajstić information content (AvgIpc) is 2.14. The van der Waals surface area contributed by atoms with Gasteiger partial charge in [0.2, 0.25) is 0 Å². The number of thiol groups is 1. The molecule has 0 spiro atoms. The van der Waals surface area contributed by atoms with Crippen molar-refractivity contribution in [1.82, 2.24) is 0 Å². The summed E-state index contributed by atoms with van der Waals surface area (Å²) >= 11 is 6.63. The van der Waals surface area contributed by atoms with Crippen molar-refractivity contribution in [3.63, 3.8) is 0 Å². The molecule has 15 heavy (non-hydrogen) atoms. The van der Waals surface area contributed by atoms with Gasteiger partial charge >= 0.3 is 0 Å². The summed E-state index contributed by atoms with van der Waals surface area (Å²) in [6.07, 6.45) is 0. The van der Waals surface area contributed by atoms with Crippen molar-refractivity contribution in [1.29, 1.82) is 0 Å². The maximum absolute atomic E-state index is 5.61. The molecule has 0 amide bonds. The number of ether oxygens (including phenoxy) is 1. The lowest BCUT2D eigenvalue weighted by molar-refractivity contribution is 0.393. The Kier molecular flexibility index (Phi) is 4.52. The Hall–Kier alpha value is -0.160. The van der Waals surface area contributed by atoms with Crippen LogP contribution in [-0.4, -0.2) is 4.61 Å². The molecule has 1 nitrogen and oxygen atoms in total. The maximum Gasteiger partial charge on any atom is 0.141 e. The van der Waals surface area contributed by atoms with Gasteiger partial charge in [-0.1, -0.05) is 6.58 Å². The van der Waals surface area contributed by atoms with Crippen LogP contribution < -0.4 is 4.74 Å². The number of allylic oxidation sites excluding steroid dienone is 1. The van der Waals surface area contributed by atoms with Gasteiger partial charge in [0.25, 0.3) is 0 Å². The van der Waals surface area contributed by atoms with E-state index < -0.39 is 0 Å². The van der Waals surface area contributed by atoms with Crippen LogP contribution in [0.1, 0.15) is 23.6 Å². The quantitative estimate of drug-likeness (QED) is 0.490. The summed E-state index contributed by atoms with van der Waals surface area (Å²) in [5.74, 6) is 0.850. The lowest BCUT2D eigenvalue weighted by atomic mass is 9.97. The molecule has 0 unspecified atom stereocenters. The highest BCUT2D eigenvalue weighted by molar-refractivity contribution is 14.1. The van der Waals surface area contributed by atoms with Crippen LogP contribution in [0, 0.1) is 13.8 Å². The van der Waals surface area contributed by atoms with Crippen molar-refractivity contribution in [3.8, 4) is 5.75 Å². The molecule has 3 heteroatoms. The largest absolute Gasteiger partial charge is 0.482 e. The normalized spacial score (nSPS) is 10.2. The van der Waals surface area contributed by atoms with Crippen LogP contribution in [0.5, 0.6) is 5.75 Å². The number of hydrogen-bond donors (Lipinski definition) is 1. The second kappa shape index (κ2) is 5.25. The molecule has 0 N–H and O–H groups in total. The second-order valence-corrected chi connectivity index (χ2v) is 4.68. The number of rotatable bonds is 3. The highest BCUT2D eigenvalue weighted by atomic mass is 127. The lowest BCUT2D eigenvalue weighted by Gasteiger charge is -2.16. The molecule has 1 aromatic carbocycles. The third kappa shape index (κ3) is 2.69. The minimum absolute atomic E-state index is 0.619. The summed E-state index contributed by atoms with van der Waals surface area (Å²) in [5.41, 5.74) is 4.56. The van der Waals surface area contributed by atoms with Crippen molar-refractivity contribution < 1.29 is 4.74 Å². The van der Waals surface area contributed by atoms with E-state index in [4.69, 9.17) is 4.74 Å². The average molecular weight is 334 g/mol. The molecule has 0 atom stereocenters. The van der Waals surface area contributed by atoms with Crippen molar-refractivity contribution in [2.75, 3.05) is 4.61 Å². The summed E-state index contributed by atoms with van der Waals surface area (Å²) in [6, 6.07) is 2.03. The molecule has 0 radical (unpaired) electrons. The molecule has 0 aliphatic heterocycles. The number of benzene rings is 1. The Balaban J connectivity index is 3.47. The molecular weight excluding hydrogens is 319 g/mol. The van der Waals surface area contributed by atoms with Gasteiger partial charge in [-0.25, -0.2) is 0 Å². The Labute approximate surface area is 110 Å². The summed E-state index contributed by atoms with van der Waals surface area (Å²) in [4.78, 5) is 0.882. The van der Waals surface area contributed by atoms with Gasteiger partial charge in [0.1, 0.15) is 10.4 Å². The van der Waals surface area contributed by atoms with Crippen molar-refractivity contribution >= 4 is 40.8 Å². The third-order valence-corrected chi connectivity index (χ3v) is 3.05. The fourth-order valence-corrected chi connectivity index (χ4v) is 2.27. The van der Waals surface area contributed by atoms with Gasteiger partial charge in [-0.05, 0) is 66.1 Å². The molecule has 0 aromatic heterocycles. The minimum atomic E-state index is 0.619. The van der Waals surface area contributed by atoms with Crippen LogP contribution in [0.4, 0.5) is 0 Å². The zero-order chi connectivity index (χ0) is 11.6. The molecule has 1 rings (SSSR count). The summed E-state index contributed by atoms with van der Waals surface area (Å²) in [6.45, 7) is 10.2. The maximum atomic E-state index is 5.61. The fraction of sp³-hybridized carbons (Fsp3) is 0.333. The van der Waals surface area contributed by atoms with Crippen LogP contribution in [0.3, 0.4) is 0 Å². The van der Waals surface area contributed by atoms with Crippen LogP contribution >= 0.6 is 35.2 Å². The van der Waals surface area contributed by atoms with Crippen LogP contribution in [-0.2, 0) is 0 Å². The molecular formula is C12H15IOS. The van der Waals surface area contributed by atoms with Gasteiger partial charge in [0, 0.05) is 10.5 Å². The topological polar surface area (TPSA) is 9.23 Å². The van der Waals surface area contributed by atoms with E-state index in [-0.39, 0.29) is 0 Å². The lowest BCUT2D eigenvalue weighted by Crippen LogP contribution is -1.99. The first-order valence-corrected chi connectivity index (χ1v) is 6.64. The summed E-state index contributed by atoms with van der Waals surface area (Å²) in [7, 11) is 0. The molecule has 0 saturated carbocycles. The highest BCUT2D eigenvalue weighted by Gasteiger charge is 2.13. The minimum Gasteiger partial charge on any atom is -0.482 e. The van der Waals surface area contributed by atoms with E-state index in [0.29, 0.717) is 4.61 Å². The smallest absolute Gasteiger partial charge is 0.141 e. The first kappa shape index (κ1) is 12.9. The van der Waals surface area contributed by atoms with Gasteiger partial charge in [0.05, 0.1) is 0 Å². The van der Waals surface area contributed by atoms with Gasteiger partial charge in [-0.15, -0.1) is 12.6 Å². The molecule has 0 fully saturated rings. The van der Waals surface area contributed by atoms with E-state index in [1.165, 1.54) is 11.1 Å². The van der Waals surface area contributed by atoms with E-state index in [9.17, 15) is 0 Å². The molecule has 0 heterocycles. The molecule has 0 aliphatic rings. The summed E-state index contributed by atoms with van der Waals surface area (Å²) < 4.78 is 6.23. The number of alkyl halides is 1. The monoisotopic (exact) mass is 334 g/mol. The van der Waals surface area contributed by atoms with Crippen molar-refractivity contribution in [3.05, 3.63) is 29.3 Å². The predicted octanol–water partition coefficient (Wildman–Crippen LogP) is 4.40. The zero-order valence-corrected chi connectivity index (χ0v) is 12.3. The Morgan fingerprint density at radius 1 is 1.53 bits per heavy atom. The predicted molar refractivity (Wildman–Crippen MR) is 77.4 cm³/mol. The SMILES string of the molecule is C=C(C)c1c(C)c(C)cc(S)c1OCI. The van der Waals surface area contributed by atoms with Gasteiger partial charge in [0.15, 0.2) is 0 Å². The molecule has 1 aromatic rings. The fourth-order valence-electron chi connectivity index (χ4n) is 1.59. The van der Waals surface area contributed by atoms with Gasteiger partial charge in [-0.3, -0.25) is 0 Å². The zero-order valence-electron chi connectivity index (χ0n) is 9.22. The first-order chi connectivity index (χ1) is 6.99. The number of aryl methyl sites for hydroxylation is 1. The van der Waals surface area contributed by atoms with E-state index >= 15 is 0 Å². The highest BCUT2D eigenvalue weighted by Crippen LogP contribution is 2.36. The Bertz CT molecular complexity index is 399. The first-order valence-electron chi connectivity index (χ1n) is 4.66. The molecule has 0 aliphatic carbocycles. The van der Waals surface area contributed by atoms with Gasteiger partial charge in [-0.2, -0.15) is 0 Å². The van der Waals surface area contributed by atoms with Crippen molar-refractivity contribution in [2.24, 2.45) is 0 Å². The van der Waals surface area contributed by atoms with E-state index in [2.05, 4.69) is 55.6 Å². The third-order valence-electron chi connectivity index (χ3n) is 2.41. The standard InChI is InChI=1S/C12H15IOS/c1-7(2)11-9(4)8(3)5-10(15)12(11)14-6-13/h5,15H,1,6H2,2-4H3. The Morgan fingerprint density at radius 2 is 2.13 bits per heavy atom. The van der Waals surface area contributed by atoms with Crippen molar-refractivity contribution in [2.45, 2.75) is 25.7 Å². The number of halogens is 1. The van der Waals surface area contributed by atoms with E-state index in [0.717, 1.165) is 21.8 Å². The van der Waals surface area contributed by atoms with Gasteiger partial charge < -0.3 is 4.74 Å². The van der Waals surface area contributed by atoms with Crippen LogP contribution in [0.2, 0.25) is 0 Å².